The number of benzene rings is 2. The number of sulfone groups is 1. The number of aryl methyl sites for hydroxylation is 1. The molecule has 0 aliphatic heterocycles. The monoisotopic (exact) mass is 288 g/mol. The van der Waals surface area contributed by atoms with Crippen molar-refractivity contribution in [3.05, 3.63) is 42.0 Å². The number of halogens is 3. The molecule has 19 heavy (non-hydrogen) atoms. The highest BCUT2D eigenvalue weighted by molar-refractivity contribution is 7.92. The number of fused-ring (bicyclic) bond motifs is 1. The fourth-order valence-corrected chi connectivity index (χ4v) is 2.59. The molecule has 0 N–H and O–H groups in total. The Kier molecular flexibility index (Phi) is 3.30. The molecule has 0 bridgehead atoms. The van der Waals surface area contributed by atoms with Crippen molar-refractivity contribution >= 4 is 20.6 Å². The van der Waals surface area contributed by atoms with E-state index in [0.29, 0.717) is 10.8 Å². The van der Waals surface area contributed by atoms with Gasteiger partial charge in [0, 0.05) is 0 Å². The zero-order valence-corrected chi connectivity index (χ0v) is 10.8. The van der Waals surface area contributed by atoms with Crippen molar-refractivity contribution in [1.29, 1.82) is 0 Å². The third-order valence-electron chi connectivity index (χ3n) is 2.90. The molecule has 0 aliphatic carbocycles. The topological polar surface area (TPSA) is 34.1 Å². The summed E-state index contributed by atoms with van der Waals surface area (Å²) in [5, 5.41) is 1.20. The van der Waals surface area contributed by atoms with Crippen LogP contribution >= 0.6 is 0 Å². The molecule has 2 rings (SSSR count). The Hall–Kier alpha value is -1.56. The second kappa shape index (κ2) is 4.52. The first-order valence-corrected chi connectivity index (χ1v) is 7.08. The first kappa shape index (κ1) is 13.9. The molecule has 0 aliphatic rings. The van der Waals surface area contributed by atoms with Gasteiger partial charge in [0.15, 0.2) is 0 Å². The third-order valence-corrected chi connectivity index (χ3v) is 4.38. The summed E-state index contributed by atoms with van der Waals surface area (Å²) in [6.45, 7) is 1.91. The summed E-state index contributed by atoms with van der Waals surface area (Å²) >= 11 is 0. The summed E-state index contributed by atoms with van der Waals surface area (Å²) in [6, 6.07) is 8.75. The van der Waals surface area contributed by atoms with E-state index in [1.54, 1.807) is 12.1 Å². The molecular weight excluding hydrogens is 277 g/mol. The van der Waals surface area contributed by atoms with Gasteiger partial charge < -0.3 is 0 Å². The second-order valence-electron chi connectivity index (χ2n) is 4.15. The first-order valence-electron chi connectivity index (χ1n) is 5.60. The molecule has 0 radical (unpaired) electrons. The van der Waals surface area contributed by atoms with E-state index in [2.05, 4.69) is 0 Å². The number of hydrogen-bond acceptors (Lipinski definition) is 2. The molecule has 0 unspecified atom stereocenters. The molecule has 0 atom stereocenters. The van der Waals surface area contributed by atoms with Gasteiger partial charge in [-0.3, -0.25) is 0 Å². The van der Waals surface area contributed by atoms with Gasteiger partial charge in [0.1, 0.15) is 0 Å². The smallest absolute Gasteiger partial charge is 0.214 e. The molecular formula is C13H11F3O2S. The summed E-state index contributed by atoms with van der Waals surface area (Å²) in [7, 11) is -5.29. The standard InChI is InChI=1S/C13H11F3O2S/c1-2-9-3-4-10-5-6-12(8-11(10)7-9)19(17,18)13(14,15)16/h3-8H,2H2,1H3. The van der Waals surface area contributed by atoms with Crippen LogP contribution in [0.15, 0.2) is 41.3 Å². The highest BCUT2D eigenvalue weighted by atomic mass is 32.2. The molecule has 0 fully saturated rings. The number of rotatable bonds is 2. The Morgan fingerprint density at radius 3 is 2.21 bits per heavy atom. The summed E-state index contributed by atoms with van der Waals surface area (Å²) in [4.78, 5) is -0.722. The minimum Gasteiger partial charge on any atom is -0.214 e. The lowest BCUT2D eigenvalue weighted by Gasteiger charge is -2.09. The van der Waals surface area contributed by atoms with Gasteiger partial charge in [0.05, 0.1) is 4.90 Å². The fraction of sp³-hybridized carbons (Fsp3) is 0.231. The molecule has 0 aromatic heterocycles. The van der Waals surface area contributed by atoms with Gasteiger partial charge >= 0.3 is 5.51 Å². The largest absolute Gasteiger partial charge is 0.501 e. The van der Waals surface area contributed by atoms with E-state index in [0.717, 1.165) is 24.1 Å². The Labute approximate surface area is 108 Å². The minimum absolute atomic E-state index is 0.490. The lowest BCUT2D eigenvalue weighted by molar-refractivity contribution is -0.0435. The molecule has 0 amide bonds. The molecule has 0 heterocycles. The van der Waals surface area contributed by atoms with E-state index in [1.165, 1.54) is 6.07 Å². The normalized spacial score (nSPS) is 12.8. The quantitative estimate of drug-likeness (QED) is 0.844. The average Bonchev–Trinajstić information content (AvgIpc) is 2.36. The molecule has 2 nitrogen and oxygen atoms in total. The zero-order chi connectivity index (χ0) is 14.3. The van der Waals surface area contributed by atoms with Crippen LogP contribution in [0.3, 0.4) is 0 Å². The molecule has 6 heteroatoms. The van der Waals surface area contributed by atoms with Crippen LogP contribution < -0.4 is 0 Å². The van der Waals surface area contributed by atoms with E-state index in [9.17, 15) is 21.6 Å². The summed E-state index contributed by atoms with van der Waals surface area (Å²) in [6.07, 6.45) is 0.728. The van der Waals surface area contributed by atoms with Crippen LogP contribution in [0.4, 0.5) is 13.2 Å². The molecule has 0 saturated carbocycles. The molecule has 0 saturated heterocycles. The maximum atomic E-state index is 12.5. The van der Waals surface area contributed by atoms with Crippen molar-refractivity contribution in [2.75, 3.05) is 0 Å². The maximum Gasteiger partial charge on any atom is 0.501 e. The van der Waals surface area contributed by atoms with Crippen molar-refractivity contribution in [3.8, 4) is 0 Å². The van der Waals surface area contributed by atoms with E-state index in [1.807, 2.05) is 13.0 Å². The van der Waals surface area contributed by atoms with Gasteiger partial charge in [-0.2, -0.15) is 13.2 Å². The Morgan fingerprint density at radius 2 is 1.63 bits per heavy atom. The summed E-state index contributed by atoms with van der Waals surface area (Å²) in [5.74, 6) is 0. The number of hydrogen-bond donors (Lipinski definition) is 0. The molecule has 2 aromatic rings. The van der Waals surface area contributed by atoms with Crippen LogP contribution in [0.25, 0.3) is 10.8 Å². The van der Waals surface area contributed by atoms with E-state index in [-0.39, 0.29) is 0 Å². The lowest BCUT2D eigenvalue weighted by Crippen LogP contribution is -2.23. The van der Waals surface area contributed by atoms with E-state index in [4.69, 9.17) is 0 Å². The van der Waals surface area contributed by atoms with Crippen molar-refractivity contribution in [1.82, 2.24) is 0 Å². The highest BCUT2D eigenvalue weighted by Crippen LogP contribution is 2.31. The van der Waals surface area contributed by atoms with Crippen LogP contribution in [-0.2, 0) is 16.3 Å². The van der Waals surface area contributed by atoms with Crippen LogP contribution in [-0.4, -0.2) is 13.9 Å². The van der Waals surface area contributed by atoms with E-state index >= 15 is 0 Å². The van der Waals surface area contributed by atoms with E-state index < -0.39 is 20.2 Å². The van der Waals surface area contributed by atoms with Gasteiger partial charge in [-0.15, -0.1) is 0 Å². The summed E-state index contributed by atoms with van der Waals surface area (Å²) in [5.41, 5.74) is -4.34. The van der Waals surface area contributed by atoms with Crippen LogP contribution in [0.1, 0.15) is 12.5 Å². The van der Waals surface area contributed by atoms with Crippen LogP contribution in [0.5, 0.6) is 0 Å². The van der Waals surface area contributed by atoms with Gasteiger partial charge in [-0.1, -0.05) is 31.2 Å². The predicted octanol–water partition coefficient (Wildman–Crippen LogP) is 3.70. The van der Waals surface area contributed by atoms with Crippen LogP contribution in [0.2, 0.25) is 0 Å². The molecule has 102 valence electrons. The van der Waals surface area contributed by atoms with Crippen molar-refractivity contribution in [2.24, 2.45) is 0 Å². The predicted molar refractivity (Wildman–Crippen MR) is 66.6 cm³/mol. The third kappa shape index (κ3) is 2.45. The Bertz CT molecular complexity index is 718. The van der Waals surface area contributed by atoms with Gasteiger partial charge in [-0.05, 0) is 34.9 Å². The summed E-state index contributed by atoms with van der Waals surface area (Å²) < 4.78 is 60.1. The SMILES string of the molecule is CCc1ccc2ccc(S(=O)(=O)C(F)(F)F)cc2c1. The van der Waals surface area contributed by atoms with Gasteiger partial charge in [0.25, 0.3) is 9.84 Å². The highest BCUT2D eigenvalue weighted by Gasteiger charge is 2.46. The van der Waals surface area contributed by atoms with Gasteiger partial charge in [0.2, 0.25) is 0 Å². The molecule has 0 spiro atoms. The van der Waals surface area contributed by atoms with Crippen molar-refractivity contribution in [2.45, 2.75) is 23.7 Å². The maximum absolute atomic E-state index is 12.5. The molecule has 2 aromatic carbocycles. The fourth-order valence-electron chi connectivity index (χ4n) is 1.79. The van der Waals surface area contributed by atoms with Crippen molar-refractivity contribution in [3.63, 3.8) is 0 Å². The average molecular weight is 288 g/mol. The van der Waals surface area contributed by atoms with Crippen molar-refractivity contribution < 1.29 is 21.6 Å². The van der Waals surface area contributed by atoms with Crippen LogP contribution in [0, 0.1) is 0 Å². The zero-order valence-electron chi connectivity index (χ0n) is 10.0. The first-order chi connectivity index (χ1) is 8.75. The Morgan fingerprint density at radius 1 is 1.00 bits per heavy atom. The second-order valence-corrected chi connectivity index (χ2v) is 6.09. The number of alkyl halides is 3. The van der Waals surface area contributed by atoms with Gasteiger partial charge in [-0.25, -0.2) is 8.42 Å². The lowest BCUT2D eigenvalue weighted by atomic mass is 10.1. The Balaban J connectivity index is 2.65. The minimum atomic E-state index is -5.29.